The number of nitrogens with zero attached hydrogens (tertiary/aromatic N) is 1. The average Bonchev–Trinajstić information content (AvgIpc) is 2.94. The first kappa shape index (κ1) is 30.7. The first-order chi connectivity index (χ1) is 19.3. The summed E-state index contributed by atoms with van der Waals surface area (Å²) in [5.74, 6) is -0.576. The molecule has 1 saturated carbocycles. The van der Waals surface area contributed by atoms with Crippen LogP contribution >= 0.6 is 46.6 Å². The van der Waals surface area contributed by atoms with E-state index in [9.17, 15) is 14.0 Å². The summed E-state index contributed by atoms with van der Waals surface area (Å²) in [6.45, 7) is 0.130. The van der Waals surface area contributed by atoms with E-state index >= 15 is 0 Å². The van der Waals surface area contributed by atoms with Gasteiger partial charge in [0.15, 0.2) is 0 Å². The van der Waals surface area contributed by atoms with E-state index in [4.69, 9.17) is 34.8 Å². The van der Waals surface area contributed by atoms with Crippen molar-refractivity contribution in [2.75, 3.05) is 5.75 Å². The van der Waals surface area contributed by atoms with E-state index in [1.807, 2.05) is 30.3 Å². The summed E-state index contributed by atoms with van der Waals surface area (Å²) in [5.41, 5.74) is 1.98. The van der Waals surface area contributed by atoms with Gasteiger partial charge in [0.1, 0.15) is 11.9 Å². The highest BCUT2D eigenvalue weighted by atomic mass is 35.5. The number of hydrogen-bond acceptors (Lipinski definition) is 3. The molecule has 0 unspecified atom stereocenters. The molecule has 9 heteroatoms. The van der Waals surface area contributed by atoms with E-state index in [1.165, 1.54) is 24.2 Å². The van der Waals surface area contributed by atoms with Gasteiger partial charge in [-0.05, 0) is 48.2 Å². The predicted octanol–water partition coefficient (Wildman–Crippen LogP) is 8.11. The van der Waals surface area contributed by atoms with Crippen LogP contribution in [0.25, 0.3) is 0 Å². The molecule has 1 fully saturated rings. The highest BCUT2D eigenvalue weighted by Crippen LogP contribution is 2.27. The molecular formula is C31H32Cl3FN2O2S. The lowest BCUT2D eigenvalue weighted by atomic mass is 9.94. The molecule has 1 N–H and O–H groups in total. The van der Waals surface area contributed by atoms with E-state index in [1.54, 1.807) is 35.2 Å². The van der Waals surface area contributed by atoms with Gasteiger partial charge in [-0.15, -0.1) is 11.8 Å². The van der Waals surface area contributed by atoms with Crippen molar-refractivity contribution < 1.29 is 14.0 Å². The third kappa shape index (κ3) is 8.62. The number of thioether (sulfide) groups is 1. The van der Waals surface area contributed by atoms with Crippen LogP contribution < -0.4 is 5.32 Å². The topological polar surface area (TPSA) is 49.4 Å². The van der Waals surface area contributed by atoms with Crippen molar-refractivity contribution in [3.63, 3.8) is 0 Å². The number of amides is 2. The van der Waals surface area contributed by atoms with Crippen LogP contribution in [-0.2, 0) is 28.3 Å². The molecule has 1 aliphatic carbocycles. The standard InChI is InChI=1S/C31H32Cl3FN2O2S/c32-23-15-14-22(27(34)17-23)18-37(30(38)20-40-19-25-26(33)12-7-13-28(25)35)29(16-21-8-3-1-4-9-21)31(39)36-24-10-5-2-6-11-24/h1,3-4,7-9,12-15,17,24,29H,2,5-6,10-11,16,18-20H2,(H,36,39)/t29-/m0/s1. The van der Waals surface area contributed by atoms with Crippen molar-refractivity contribution >= 4 is 58.4 Å². The Morgan fingerprint density at radius 2 is 1.70 bits per heavy atom. The first-order valence-electron chi connectivity index (χ1n) is 13.4. The van der Waals surface area contributed by atoms with Crippen LogP contribution in [-0.4, -0.2) is 34.6 Å². The van der Waals surface area contributed by atoms with Crippen molar-refractivity contribution in [1.82, 2.24) is 10.2 Å². The lowest BCUT2D eigenvalue weighted by molar-refractivity contribution is -0.139. The second-order valence-corrected chi connectivity index (χ2v) is 12.2. The zero-order valence-electron chi connectivity index (χ0n) is 22.1. The summed E-state index contributed by atoms with van der Waals surface area (Å²) in [7, 11) is 0. The van der Waals surface area contributed by atoms with Gasteiger partial charge in [-0.25, -0.2) is 4.39 Å². The fraction of sp³-hybridized carbons (Fsp3) is 0.355. The van der Waals surface area contributed by atoms with Crippen molar-refractivity contribution in [2.24, 2.45) is 0 Å². The predicted molar refractivity (Wildman–Crippen MR) is 164 cm³/mol. The first-order valence-corrected chi connectivity index (χ1v) is 15.7. The Hall–Kier alpha value is -2.25. The van der Waals surface area contributed by atoms with Gasteiger partial charge < -0.3 is 10.2 Å². The maximum Gasteiger partial charge on any atom is 0.243 e. The molecule has 0 radical (unpaired) electrons. The third-order valence-electron chi connectivity index (χ3n) is 7.11. The van der Waals surface area contributed by atoms with E-state index in [2.05, 4.69) is 5.32 Å². The molecular weight excluding hydrogens is 590 g/mol. The molecule has 2 amide bonds. The molecule has 0 spiro atoms. The van der Waals surface area contributed by atoms with E-state index in [0.29, 0.717) is 32.6 Å². The minimum absolute atomic E-state index is 0.0396. The van der Waals surface area contributed by atoms with Gasteiger partial charge >= 0.3 is 0 Å². The second kappa shape index (κ2) is 15.1. The number of hydrogen-bond donors (Lipinski definition) is 1. The average molecular weight is 622 g/mol. The van der Waals surface area contributed by atoms with Gasteiger partial charge in [0, 0.05) is 45.4 Å². The summed E-state index contributed by atoms with van der Waals surface area (Å²) in [6, 6.07) is 18.6. The Morgan fingerprint density at radius 3 is 2.40 bits per heavy atom. The number of rotatable bonds is 11. The van der Waals surface area contributed by atoms with E-state index in [-0.39, 0.29) is 35.9 Å². The van der Waals surface area contributed by atoms with Gasteiger partial charge in [0.05, 0.1) is 5.75 Å². The molecule has 1 atom stereocenters. The number of halogens is 4. The molecule has 4 rings (SSSR count). The Morgan fingerprint density at radius 1 is 0.950 bits per heavy atom. The zero-order chi connectivity index (χ0) is 28.5. The van der Waals surface area contributed by atoms with Gasteiger partial charge in [-0.1, -0.05) is 96.5 Å². The quantitative estimate of drug-likeness (QED) is 0.235. The summed E-state index contributed by atoms with van der Waals surface area (Å²) >= 11 is 20.1. The summed E-state index contributed by atoms with van der Waals surface area (Å²) in [4.78, 5) is 29.3. The smallest absolute Gasteiger partial charge is 0.243 e. The molecule has 4 nitrogen and oxygen atoms in total. The maximum absolute atomic E-state index is 14.3. The third-order valence-corrected chi connectivity index (χ3v) is 9.00. The number of carbonyl (C=O) groups excluding carboxylic acids is 2. The van der Waals surface area contributed by atoms with Crippen molar-refractivity contribution in [2.45, 2.75) is 62.9 Å². The summed E-state index contributed by atoms with van der Waals surface area (Å²) < 4.78 is 14.3. The molecule has 0 heterocycles. The minimum Gasteiger partial charge on any atom is -0.352 e. The van der Waals surface area contributed by atoms with Crippen molar-refractivity contribution in [3.05, 3.63) is 104 Å². The fourth-order valence-electron chi connectivity index (χ4n) is 4.93. The van der Waals surface area contributed by atoms with Crippen LogP contribution in [0.5, 0.6) is 0 Å². The van der Waals surface area contributed by atoms with Crippen LogP contribution in [0.4, 0.5) is 4.39 Å². The molecule has 3 aromatic rings. The van der Waals surface area contributed by atoms with Crippen LogP contribution in [0.15, 0.2) is 66.7 Å². The monoisotopic (exact) mass is 620 g/mol. The normalized spacial score (nSPS) is 14.5. The van der Waals surface area contributed by atoms with Crippen LogP contribution in [0.3, 0.4) is 0 Å². The van der Waals surface area contributed by atoms with Crippen LogP contribution in [0, 0.1) is 5.82 Å². The van der Waals surface area contributed by atoms with E-state index in [0.717, 1.165) is 31.2 Å². The maximum atomic E-state index is 14.3. The van der Waals surface area contributed by atoms with Gasteiger partial charge in [0.25, 0.3) is 0 Å². The second-order valence-electron chi connectivity index (χ2n) is 10.00. The summed E-state index contributed by atoms with van der Waals surface area (Å²) in [6.07, 6.45) is 5.53. The zero-order valence-corrected chi connectivity index (χ0v) is 25.1. The highest BCUT2D eigenvalue weighted by molar-refractivity contribution is 7.99. The van der Waals surface area contributed by atoms with Gasteiger partial charge in [-0.2, -0.15) is 0 Å². The molecule has 0 aromatic heterocycles. The lowest BCUT2D eigenvalue weighted by Crippen LogP contribution is -2.53. The number of benzene rings is 3. The summed E-state index contributed by atoms with van der Waals surface area (Å²) in [5, 5.41) is 4.44. The minimum atomic E-state index is -0.763. The Balaban J connectivity index is 1.60. The SMILES string of the molecule is O=C(NC1CCCCC1)[C@H](Cc1ccccc1)N(Cc1ccc(Cl)cc1Cl)C(=O)CSCc1c(F)cccc1Cl. The molecule has 1 aliphatic rings. The number of carbonyl (C=O) groups is 2. The Kier molecular flexibility index (Phi) is 11.6. The molecule has 0 saturated heterocycles. The van der Waals surface area contributed by atoms with Gasteiger partial charge in [0.2, 0.25) is 11.8 Å². The number of nitrogens with one attached hydrogen (secondary N) is 1. The molecule has 3 aromatic carbocycles. The van der Waals surface area contributed by atoms with Crippen molar-refractivity contribution in [3.8, 4) is 0 Å². The Bertz CT molecular complexity index is 1280. The molecule has 40 heavy (non-hydrogen) atoms. The lowest BCUT2D eigenvalue weighted by Gasteiger charge is -2.33. The van der Waals surface area contributed by atoms with Gasteiger partial charge in [-0.3, -0.25) is 9.59 Å². The van der Waals surface area contributed by atoms with Crippen molar-refractivity contribution in [1.29, 1.82) is 0 Å². The van der Waals surface area contributed by atoms with E-state index < -0.39 is 11.9 Å². The Labute approximate surface area is 254 Å². The highest BCUT2D eigenvalue weighted by Gasteiger charge is 2.32. The largest absolute Gasteiger partial charge is 0.352 e. The molecule has 0 aliphatic heterocycles. The van der Waals surface area contributed by atoms with Crippen LogP contribution in [0.2, 0.25) is 15.1 Å². The molecule has 212 valence electrons. The van der Waals surface area contributed by atoms with Crippen LogP contribution in [0.1, 0.15) is 48.8 Å². The fourth-order valence-corrected chi connectivity index (χ4v) is 6.64. The molecule has 0 bridgehead atoms.